The third kappa shape index (κ3) is 4.43. The van der Waals surface area contributed by atoms with Gasteiger partial charge in [-0.2, -0.15) is 26.8 Å². The number of aromatic nitrogens is 3. The number of hydrogen-bond acceptors (Lipinski definition) is 6. The van der Waals surface area contributed by atoms with Gasteiger partial charge < -0.3 is 4.74 Å². The summed E-state index contributed by atoms with van der Waals surface area (Å²) in [6.45, 7) is 7.77. The number of piperazine rings is 1. The lowest BCUT2D eigenvalue weighted by molar-refractivity contribution is -0.0458. The molecule has 2 saturated heterocycles. The fourth-order valence-electron chi connectivity index (χ4n) is 4.49. The van der Waals surface area contributed by atoms with Gasteiger partial charge >= 0.3 is 5.69 Å². The Hall–Kier alpha value is -1.27. The Kier molecular flexibility index (Phi) is 6.12. The molecule has 11 heteroatoms. The van der Waals surface area contributed by atoms with E-state index in [0.29, 0.717) is 45.9 Å². The maximum absolute atomic E-state index is 13.0. The molecule has 3 aliphatic rings. The van der Waals surface area contributed by atoms with Crippen LogP contribution in [0.2, 0.25) is 0 Å². The first-order valence-electron chi connectivity index (χ1n) is 10.6. The Morgan fingerprint density at radius 3 is 2.34 bits per heavy atom. The molecule has 4 rings (SSSR count). The van der Waals surface area contributed by atoms with Gasteiger partial charge in [-0.1, -0.05) is 6.42 Å². The number of morpholine rings is 1. The molecule has 1 aromatic heterocycles. The lowest BCUT2D eigenvalue weighted by atomic mass is 10.2. The molecule has 164 valence electrons. The standard InChI is InChI=1S/C18H32N6O4S/c1-15-12-22(13-16(2)28-15)29(26,27)21-10-8-20(9-11-21)14-24-18(25)23-7-5-3-4-6-17(23)19-24/h15-16H,3-14H2,1-2H3. The van der Waals surface area contributed by atoms with Gasteiger partial charge in [0.25, 0.3) is 10.2 Å². The van der Waals surface area contributed by atoms with Crippen molar-refractivity contribution in [2.45, 2.75) is 65.0 Å². The molecule has 0 aromatic carbocycles. The van der Waals surface area contributed by atoms with E-state index in [4.69, 9.17) is 4.74 Å². The molecule has 2 unspecified atom stereocenters. The van der Waals surface area contributed by atoms with E-state index in [9.17, 15) is 13.2 Å². The van der Waals surface area contributed by atoms with Crippen LogP contribution in [0.15, 0.2) is 4.79 Å². The van der Waals surface area contributed by atoms with Crippen LogP contribution >= 0.6 is 0 Å². The number of ether oxygens (including phenoxy) is 1. The average Bonchev–Trinajstić information content (AvgIpc) is 2.84. The van der Waals surface area contributed by atoms with Crippen LogP contribution in [0.1, 0.15) is 38.9 Å². The lowest BCUT2D eigenvalue weighted by Crippen LogP contribution is -2.57. The van der Waals surface area contributed by atoms with Crippen molar-refractivity contribution in [2.24, 2.45) is 0 Å². The van der Waals surface area contributed by atoms with Gasteiger partial charge in [0.15, 0.2) is 0 Å². The summed E-state index contributed by atoms with van der Waals surface area (Å²) >= 11 is 0. The molecule has 10 nitrogen and oxygen atoms in total. The largest absolute Gasteiger partial charge is 0.373 e. The molecule has 2 atom stereocenters. The first kappa shape index (κ1) is 21.0. The summed E-state index contributed by atoms with van der Waals surface area (Å²) in [7, 11) is -3.49. The monoisotopic (exact) mass is 428 g/mol. The maximum Gasteiger partial charge on any atom is 0.347 e. The topological polar surface area (TPSA) is 92.9 Å². The van der Waals surface area contributed by atoms with Gasteiger partial charge in [-0.3, -0.25) is 9.47 Å². The highest BCUT2D eigenvalue weighted by Gasteiger charge is 2.36. The summed E-state index contributed by atoms with van der Waals surface area (Å²) in [5.41, 5.74) is -0.0479. The molecular weight excluding hydrogens is 396 g/mol. The van der Waals surface area contributed by atoms with Crippen molar-refractivity contribution < 1.29 is 13.2 Å². The zero-order chi connectivity index (χ0) is 20.6. The highest BCUT2D eigenvalue weighted by atomic mass is 32.2. The van der Waals surface area contributed by atoms with Crippen LogP contribution in [0, 0.1) is 0 Å². The molecule has 0 bridgehead atoms. The maximum atomic E-state index is 13.0. The SMILES string of the molecule is CC1CN(S(=O)(=O)N2CCN(Cn3nc4n(c3=O)CCCCC4)CC2)CC(C)O1. The van der Waals surface area contributed by atoms with Crippen molar-refractivity contribution in [3.05, 3.63) is 16.3 Å². The first-order valence-corrected chi connectivity index (χ1v) is 12.0. The average molecular weight is 429 g/mol. The second kappa shape index (κ2) is 8.46. The second-order valence-electron chi connectivity index (χ2n) is 8.40. The predicted octanol–water partition coefficient (Wildman–Crippen LogP) is -0.300. The van der Waals surface area contributed by atoms with Gasteiger partial charge in [0, 0.05) is 52.2 Å². The van der Waals surface area contributed by atoms with Gasteiger partial charge in [-0.25, -0.2) is 4.79 Å². The van der Waals surface area contributed by atoms with Crippen LogP contribution < -0.4 is 5.69 Å². The van der Waals surface area contributed by atoms with Crippen molar-refractivity contribution in [1.82, 2.24) is 27.9 Å². The quantitative estimate of drug-likeness (QED) is 0.654. The smallest absolute Gasteiger partial charge is 0.347 e. The Morgan fingerprint density at radius 2 is 1.66 bits per heavy atom. The van der Waals surface area contributed by atoms with Gasteiger partial charge in [0.2, 0.25) is 0 Å². The molecule has 0 amide bonds. The molecule has 29 heavy (non-hydrogen) atoms. The van der Waals surface area contributed by atoms with E-state index in [1.54, 1.807) is 13.2 Å². The summed E-state index contributed by atoms with van der Waals surface area (Å²) in [5.74, 6) is 0.879. The molecule has 1 aromatic rings. The van der Waals surface area contributed by atoms with E-state index in [0.717, 1.165) is 38.1 Å². The molecule has 4 heterocycles. The predicted molar refractivity (Wildman–Crippen MR) is 108 cm³/mol. The van der Waals surface area contributed by atoms with Crippen molar-refractivity contribution in [1.29, 1.82) is 0 Å². The van der Waals surface area contributed by atoms with Crippen LogP contribution in [-0.2, 0) is 34.6 Å². The summed E-state index contributed by atoms with van der Waals surface area (Å²) in [6.07, 6.45) is 3.89. The van der Waals surface area contributed by atoms with Crippen LogP contribution in [0.5, 0.6) is 0 Å². The van der Waals surface area contributed by atoms with Gasteiger partial charge in [0.1, 0.15) is 5.82 Å². The Balaban J connectivity index is 1.37. The summed E-state index contributed by atoms with van der Waals surface area (Å²) in [5, 5.41) is 4.53. The first-order chi connectivity index (χ1) is 13.8. The zero-order valence-electron chi connectivity index (χ0n) is 17.4. The Bertz CT molecular complexity index is 863. The number of nitrogens with zero attached hydrogens (tertiary/aromatic N) is 6. The van der Waals surface area contributed by atoms with Crippen LogP contribution in [0.3, 0.4) is 0 Å². The highest BCUT2D eigenvalue weighted by Crippen LogP contribution is 2.19. The molecule has 0 aliphatic carbocycles. The normalized spacial score (nSPS) is 28.2. The number of aryl methyl sites for hydroxylation is 1. The minimum atomic E-state index is -3.49. The molecule has 0 spiro atoms. The lowest BCUT2D eigenvalue weighted by Gasteiger charge is -2.40. The van der Waals surface area contributed by atoms with Gasteiger partial charge in [-0.05, 0) is 26.7 Å². The van der Waals surface area contributed by atoms with Crippen molar-refractivity contribution in [3.8, 4) is 0 Å². The minimum Gasteiger partial charge on any atom is -0.373 e. The molecular formula is C18H32N6O4S. The molecule has 0 radical (unpaired) electrons. The van der Waals surface area contributed by atoms with Crippen molar-refractivity contribution in [3.63, 3.8) is 0 Å². The van der Waals surface area contributed by atoms with E-state index < -0.39 is 10.2 Å². The van der Waals surface area contributed by atoms with Gasteiger partial charge in [-0.15, -0.1) is 0 Å². The molecule has 0 N–H and O–H groups in total. The van der Waals surface area contributed by atoms with E-state index in [2.05, 4.69) is 10.00 Å². The number of fused-ring (bicyclic) bond motifs is 1. The third-order valence-corrected chi connectivity index (χ3v) is 7.95. The fraction of sp³-hybridized carbons (Fsp3) is 0.889. The van der Waals surface area contributed by atoms with Crippen LogP contribution in [-0.4, -0.2) is 87.8 Å². The van der Waals surface area contributed by atoms with Crippen molar-refractivity contribution >= 4 is 10.2 Å². The number of hydrogen-bond donors (Lipinski definition) is 0. The fourth-order valence-corrected chi connectivity index (χ4v) is 6.24. The second-order valence-corrected chi connectivity index (χ2v) is 10.3. The minimum absolute atomic E-state index is 0.0479. The number of rotatable bonds is 4. The van der Waals surface area contributed by atoms with E-state index in [1.807, 2.05) is 13.8 Å². The third-order valence-electron chi connectivity index (χ3n) is 5.99. The molecule has 3 aliphatic heterocycles. The molecule has 0 saturated carbocycles. The van der Waals surface area contributed by atoms with E-state index >= 15 is 0 Å². The van der Waals surface area contributed by atoms with Crippen LogP contribution in [0.25, 0.3) is 0 Å². The summed E-state index contributed by atoms with van der Waals surface area (Å²) in [6, 6.07) is 0. The Labute approximate surface area is 172 Å². The highest BCUT2D eigenvalue weighted by molar-refractivity contribution is 7.86. The van der Waals surface area contributed by atoms with Crippen molar-refractivity contribution in [2.75, 3.05) is 39.3 Å². The molecule has 2 fully saturated rings. The zero-order valence-corrected chi connectivity index (χ0v) is 18.2. The summed E-state index contributed by atoms with van der Waals surface area (Å²) < 4.78 is 38.1. The van der Waals surface area contributed by atoms with Gasteiger partial charge in [0.05, 0.1) is 18.9 Å². The van der Waals surface area contributed by atoms with E-state index in [1.165, 1.54) is 4.68 Å². The van der Waals surface area contributed by atoms with Crippen LogP contribution in [0.4, 0.5) is 0 Å². The summed E-state index contributed by atoms with van der Waals surface area (Å²) in [4.78, 5) is 14.7. The van der Waals surface area contributed by atoms with E-state index in [-0.39, 0.29) is 17.9 Å². The Morgan fingerprint density at radius 1 is 0.966 bits per heavy atom.